The van der Waals surface area contributed by atoms with E-state index in [-0.39, 0.29) is 12.5 Å². The molecule has 4 nitrogen and oxygen atoms in total. The van der Waals surface area contributed by atoms with Gasteiger partial charge in [0.05, 0.1) is 12.3 Å². The molecule has 17 heavy (non-hydrogen) atoms. The zero-order valence-electron chi connectivity index (χ0n) is 10.2. The maximum atomic E-state index is 9.52. The topological polar surface area (TPSA) is 50.9 Å². The van der Waals surface area contributed by atoms with Gasteiger partial charge in [0, 0.05) is 25.6 Å². The molecule has 2 aromatic rings. The number of benzene rings is 1. The van der Waals surface area contributed by atoms with Gasteiger partial charge in [0.1, 0.15) is 0 Å². The first-order chi connectivity index (χ1) is 8.20. The first-order valence-corrected chi connectivity index (χ1v) is 5.72. The van der Waals surface area contributed by atoms with Crippen molar-refractivity contribution in [2.24, 2.45) is 7.05 Å². The Hall–Kier alpha value is -1.68. The van der Waals surface area contributed by atoms with Crippen molar-refractivity contribution in [3.63, 3.8) is 0 Å². The summed E-state index contributed by atoms with van der Waals surface area (Å²) in [5.41, 5.74) is 3.30. The number of hydrogen-bond acceptors (Lipinski definition) is 3. The fourth-order valence-corrected chi connectivity index (χ4v) is 2.06. The first kappa shape index (κ1) is 11.8. The molecule has 2 rings (SSSR count). The lowest BCUT2D eigenvalue weighted by Crippen LogP contribution is -2.09. The van der Waals surface area contributed by atoms with Crippen LogP contribution in [0.3, 0.4) is 0 Å². The van der Waals surface area contributed by atoms with Crippen LogP contribution in [0.2, 0.25) is 0 Å². The van der Waals surface area contributed by atoms with Crippen molar-refractivity contribution in [1.29, 1.82) is 0 Å². The van der Waals surface area contributed by atoms with Gasteiger partial charge in [0.15, 0.2) is 0 Å². The molecule has 0 fully saturated rings. The summed E-state index contributed by atoms with van der Waals surface area (Å²) in [7, 11) is 1.85. The molecule has 1 unspecified atom stereocenters. The predicted molar refractivity (Wildman–Crippen MR) is 65.7 cm³/mol. The largest absolute Gasteiger partial charge is 0.396 e. The molecule has 0 amide bonds. The van der Waals surface area contributed by atoms with Crippen LogP contribution < -0.4 is 0 Å². The summed E-state index contributed by atoms with van der Waals surface area (Å²) in [6.45, 7) is 2.19. The van der Waals surface area contributed by atoms with Crippen molar-refractivity contribution in [3.8, 4) is 0 Å². The molecule has 0 aliphatic rings. The van der Waals surface area contributed by atoms with E-state index >= 15 is 0 Å². The Kier molecular flexibility index (Phi) is 3.54. The molecule has 90 valence electrons. The Morgan fingerprint density at radius 3 is 2.71 bits per heavy atom. The minimum atomic E-state index is 0.0906. The van der Waals surface area contributed by atoms with E-state index < -0.39 is 0 Å². The van der Waals surface area contributed by atoms with Crippen LogP contribution in [-0.4, -0.2) is 26.7 Å². The van der Waals surface area contributed by atoms with Crippen molar-refractivity contribution in [1.82, 2.24) is 15.0 Å². The summed E-state index contributed by atoms with van der Waals surface area (Å²) >= 11 is 0. The van der Waals surface area contributed by atoms with Crippen LogP contribution in [0.15, 0.2) is 30.5 Å². The number of aliphatic hydroxyl groups is 1. The zero-order valence-corrected chi connectivity index (χ0v) is 10.2. The normalized spacial score (nSPS) is 12.6. The van der Waals surface area contributed by atoms with Crippen molar-refractivity contribution in [2.45, 2.75) is 19.3 Å². The fraction of sp³-hybridized carbons (Fsp3) is 0.385. The van der Waals surface area contributed by atoms with Crippen LogP contribution in [0.25, 0.3) is 0 Å². The Balaban J connectivity index is 2.20. The third-order valence-corrected chi connectivity index (χ3v) is 2.95. The number of nitrogens with zero attached hydrogens (tertiary/aromatic N) is 3. The number of aromatic nitrogens is 3. The Labute approximate surface area is 101 Å². The average Bonchev–Trinajstić information content (AvgIpc) is 2.73. The summed E-state index contributed by atoms with van der Waals surface area (Å²) < 4.78 is 1.68. The van der Waals surface area contributed by atoms with Gasteiger partial charge in [-0.2, -0.15) is 0 Å². The average molecular weight is 231 g/mol. The summed E-state index contributed by atoms with van der Waals surface area (Å²) in [6.07, 6.45) is 2.61. The van der Waals surface area contributed by atoms with Gasteiger partial charge in [0.2, 0.25) is 0 Å². The minimum Gasteiger partial charge on any atom is -0.396 e. The second kappa shape index (κ2) is 5.10. The maximum absolute atomic E-state index is 9.52. The molecule has 0 saturated carbocycles. The molecular formula is C13H17N3O. The highest BCUT2D eigenvalue weighted by Crippen LogP contribution is 2.22. The van der Waals surface area contributed by atoms with Gasteiger partial charge in [-0.05, 0) is 18.1 Å². The summed E-state index contributed by atoms with van der Waals surface area (Å²) in [5.74, 6) is 0.0906. The Morgan fingerprint density at radius 1 is 1.35 bits per heavy atom. The monoisotopic (exact) mass is 231 g/mol. The SMILES string of the molecule is Cc1ccccc1C(CO)Cc1cn(C)nn1. The smallest absolute Gasteiger partial charge is 0.0833 e. The van der Waals surface area contributed by atoms with Gasteiger partial charge in [-0.1, -0.05) is 29.5 Å². The van der Waals surface area contributed by atoms with Gasteiger partial charge in [-0.3, -0.25) is 4.68 Å². The lowest BCUT2D eigenvalue weighted by molar-refractivity contribution is 0.263. The molecule has 1 aromatic heterocycles. The molecule has 0 saturated heterocycles. The molecule has 0 bridgehead atoms. The van der Waals surface area contributed by atoms with Gasteiger partial charge < -0.3 is 5.11 Å². The third kappa shape index (κ3) is 2.71. The van der Waals surface area contributed by atoms with Crippen LogP contribution in [-0.2, 0) is 13.5 Å². The number of aryl methyl sites for hydroxylation is 2. The number of hydrogen-bond donors (Lipinski definition) is 1. The van der Waals surface area contributed by atoms with Gasteiger partial charge in [-0.25, -0.2) is 0 Å². The highest BCUT2D eigenvalue weighted by molar-refractivity contribution is 5.30. The van der Waals surface area contributed by atoms with Crippen LogP contribution in [0.1, 0.15) is 22.7 Å². The molecule has 1 N–H and O–H groups in total. The van der Waals surface area contributed by atoms with Crippen molar-refractivity contribution in [2.75, 3.05) is 6.61 Å². The first-order valence-electron chi connectivity index (χ1n) is 5.72. The Bertz CT molecular complexity index is 493. The van der Waals surface area contributed by atoms with Crippen molar-refractivity contribution >= 4 is 0 Å². The molecule has 4 heteroatoms. The number of aliphatic hydroxyl groups excluding tert-OH is 1. The van der Waals surface area contributed by atoms with Crippen LogP contribution in [0.4, 0.5) is 0 Å². The quantitative estimate of drug-likeness (QED) is 0.866. The van der Waals surface area contributed by atoms with E-state index in [1.165, 1.54) is 11.1 Å². The maximum Gasteiger partial charge on any atom is 0.0833 e. The van der Waals surface area contributed by atoms with E-state index in [4.69, 9.17) is 0 Å². The molecule has 0 spiro atoms. The van der Waals surface area contributed by atoms with Gasteiger partial charge in [0.25, 0.3) is 0 Å². The van der Waals surface area contributed by atoms with Crippen LogP contribution >= 0.6 is 0 Å². The standard InChI is InChI=1S/C13H17N3O/c1-10-5-3-4-6-13(10)11(9-17)7-12-8-16(2)15-14-12/h3-6,8,11,17H,7,9H2,1-2H3. The van der Waals surface area contributed by atoms with Crippen molar-refractivity contribution in [3.05, 3.63) is 47.3 Å². The summed E-state index contributed by atoms with van der Waals surface area (Å²) in [5, 5.41) is 17.5. The Morgan fingerprint density at radius 2 is 2.12 bits per heavy atom. The second-order valence-electron chi connectivity index (χ2n) is 4.32. The highest BCUT2D eigenvalue weighted by atomic mass is 16.3. The predicted octanol–water partition coefficient (Wildman–Crippen LogP) is 1.44. The number of rotatable bonds is 4. The van der Waals surface area contributed by atoms with E-state index in [0.29, 0.717) is 0 Å². The molecular weight excluding hydrogens is 214 g/mol. The lowest BCUT2D eigenvalue weighted by atomic mass is 9.92. The van der Waals surface area contributed by atoms with Crippen LogP contribution in [0, 0.1) is 6.92 Å². The van der Waals surface area contributed by atoms with E-state index in [1.807, 2.05) is 25.4 Å². The van der Waals surface area contributed by atoms with Crippen LogP contribution in [0.5, 0.6) is 0 Å². The van der Waals surface area contributed by atoms with Gasteiger partial charge in [-0.15, -0.1) is 5.10 Å². The van der Waals surface area contributed by atoms with E-state index in [2.05, 4.69) is 29.4 Å². The third-order valence-electron chi connectivity index (χ3n) is 2.95. The molecule has 1 aromatic carbocycles. The van der Waals surface area contributed by atoms with Crippen molar-refractivity contribution < 1.29 is 5.11 Å². The summed E-state index contributed by atoms with van der Waals surface area (Å²) in [4.78, 5) is 0. The van der Waals surface area contributed by atoms with E-state index in [9.17, 15) is 5.11 Å². The van der Waals surface area contributed by atoms with E-state index in [0.717, 1.165) is 12.1 Å². The second-order valence-corrected chi connectivity index (χ2v) is 4.32. The molecule has 0 aliphatic heterocycles. The van der Waals surface area contributed by atoms with Gasteiger partial charge >= 0.3 is 0 Å². The molecule has 1 atom stereocenters. The molecule has 0 aliphatic carbocycles. The summed E-state index contributed by atoms with van der Waals surface area (Å²) in [6, 6.07) is 8.14. The minimum absolute atomic E-state index is 0.0906. The lowest BCUT2D eigenvalue weighted by Gasteiger charge is -2.15. The molecule has 0 radical (unpaired) electrons. The fourth-order valence-electron chi connectivity index (χ4n) is 2.06. The highest BCUT2D eigenvalue weighted by Gasteiger charge is 2.14. The van der Waals surface area contributed by atoms with E-state index in [1.54, 1.807) is 4.68 Å². The molecule has 1 heterocycles. The zero-order chi connectivity index (χ0) is 12.3.